The maximum absolute atomic E-state index is 12.3. The second-order valence-electron chi connectivity index (χ2n) is 6.79. The van der Waals surface area contributed by atoms with E-state index in [9.17, 15) is 19.5 Å². The lowest BCUT2D eigenvalue weighted by molar-refractivity contribution is 0.0948. The normalized spacial score (nSPS) is 10.9. The van der Waals surface area contributed by atoms with Gasteiger partial charge < -0.3 is 26.0 Å². The fraction of sp³-hybridized carbons (Fsp3) is 0.190. The highest BCUT2D eigenvalue weighted by Crippen LogP contribution is 2.32. The number of carbonyl (C=O) groups excluding carboxylic acids is 1. The van der Waals surface area contributed by atoms with Gasteiger partial charge in [-0.05, 0) is 38.4 Å². The van der Waals surface area contributed by atoms with Gasteiger partial charge in [0.25, 0.3) is 16.8 Å². The Balaban J connectivity index is 1.80. The van der Waals surface area contributed by atoms with Crippen molar-refractivity contribution in [2.24, 2.45) is 0 Å². The van der Waals surface area contributed by atoms with E-state index >= 15 is 0 Å². The molecule has 0 heterocycles. The summed E-state index contributed by atoms with van der Waals surface area (Å²) in [4.78, 5) is 38.2. The number of anilines is 4. The van der Waals surface area contributed by atoms with Crippen molar-refractivity contribution in [2.45, 2.75) is 0 Å². The second-order valence-corrected chi connectivity index (χ2v) is 6.79. The molecule has 1 amide bonds. The Morgan fingerprint density at radius 2 is 1.59 bits per heavy atom. The summed E-state index contributed by atoms with van der Waals surface area (Å²) in [5.41, 5.74) is -0.294. The van der Waals surface area contributed by atoms with E-state index in [2.05, 4.69) is 16.0 Å². The van der Waals surface area contributed by atoms with Crippen LogP contribution in [0.1, 0.15) is 10.4 Å². The third-order valence-electron chi connectivity index (χ3n) is 4.34. The molecule has 0 bridgehead atoms. The number of hydrogen-bond donors (Lipinski definition) is 4. The first-order chi connectivity index (χ1) is 13.9. The molecule has 0 aliphatic rings. The summed E-state index contributed by atoms with van der Waals surface area (Å²) < 4.78 is 0. The minimum atomic E-state index is -0.691. The standard InChI is InChI=1S/C21H22N4O4/c1-25(2)12-11-22-21(29)14-9-6-10-15(18(14)26)24-17-16(19(27)20(17)28)23-13-7-4-3-5-8-13/h3-10,23-24,26H,11-12H2,1-2H3,(H,22,29). The zero-order valence-corrected chi connectivity index (χ0v) is 16.2. The number of carbonyl (C=O) groups is 1. The predicted molar refractivity (Wildman–Crippen MR) is 113 cm³/mol. The third-order valence-corrected chi connectivity index (χ3v) is 4.34. The van der Waals surface area contributed by atoms with E-state index in [1.807, 2.05) is 25.1 Å². The van der Waals surface area contributed by atoms with E-state index in [1.165, 1.54) is 12.1 Å². The lowest BCUT2D eigenvalue weighted by Crippen LogP contribution is -2.35. The van der Waals surface area contributed by atoms with Crippen LogP contribution < -0.4 is 26.8 Å². The largest absolute Gasteiger partial charge is 0.505 e. The van der Waals surface area contributed by atoms with Crippen molar-refractivity contribution in [2.75, 3.05) is 37.8 Å². The van der Waals surface area contributed by atoms with Crippen molar-refractivity contribution in [3.8, 4) is 5.75 Å². The van der Waals surface area contributed by atoms with Crippen molar-refractivity contribution in [1.29, 1.82) is 0 Å². The Kier molecular flexibility index (Phi) is 5.94. The number of aromatic hydroxyl groups is 1. The fourth-order valence-electron chi connectivity index (χ4n) is 2.75. The van der Waals surface area contributed by atoms with Gasteiger partial charge in [0.2, 0.25) is 0 Å². The number of nitrogens with zero attached hydrogens (tertiary/aromatic N) is 1. The number of hydrogen-bond acceptors (Lipinski definition) is 7. The molecule has 0 saturated carbocycles. The van der Waals surface area contributed by atoms with Crippen LogP contribution in [-0.2, 0) is 0 Å². The molecule has 3 aromatic carbocycles. The van der Waals surface area contributed by atoms with Crippen molar-refractivity contribution in [3.63, 3.8) is 0 Å². The molecule has 0 saturated heterocycles. The summed E-state index contributed by atoms with van der Waals surface area (Å²) in [5, 5.41) is 18.9. The number of phenols is 1. The summed E-state index contributed by atoms with van der Waals surface area (Å²) in [6, 6.07) is 13.5. The molecule has 3 rings (SSSR count). The van der Waals surface area contributed by atoms with Gasteiger partial charge in [0, 0.05) is 18.8 Å². The van der Waals surface area contributed by atoms with Gasteiger partial charge in [-0.25, -0.2) is 0 Å². The predicted octanol–water partition coefficient (Wildman–Crippen LogP) is 1.77. The van der Waals surface area contributed by atoms with Gasteiger partial charge in [-0.1, -0.05) is 24.3 Å². The quantitative estimate of drug-likeness (QED) is 0.340. The van der Waals surface area contributed by atoms with E-state index in [0.29, 0.717) is 18.8 Å². The average Bonchev–Trinajstić information content (AvgIpc) is 2.71. The Morgan fingerprint density at radius 3 is 2.24 bits per heavy atom. The number of nitrogens with one attached hydrogen (secondary N) is 3. The highest BCUT2D eigenvalue weighted by atomic mass is 16.3. The van der Waals surface area contributed by atoms with E-state index in [-0.39, 0.29) is 28.4 Å². The van der Waals surface area contributed by atoms with Gasteiger partial charge in [-0.3, -0.25) is 14.4 Å². The van der Waals surface area contributed by atoms with Crippen LogP contribution in [0.4, 0.5) is 22.7 Å². The fourth-order valence-corrected chi connectivity index (χ4v) is 2.75. The molecule has 8 nitrogen and oxygen atoms in total. The highest BCUT2D eigenvalue weighted by Gasteiger charge is 2.23. The Morgan fingerprint density at radius 1 is 0.931 bits per heavy atom. The summed E-state index contributed by atoms with van der Waals surface area (Å²) in [7, 11) is 3.78. The smallest absolute Gasteiger partial charge is 0.255 e. The first-order valence-electron chi connectivity index (χ1n) is 9.05. The summed E-state index contributed by atoms with van der Waals surface area (Å²) in [6.45, 7) is 1.08. The van der Waals surface area contributed by atoms with Gasteiger partial charge >= 0.3 is 0 Å². The molecule has 0 spiro atoms. The van der Waals surface area contributed by atoms with Gasteiger partial charge in [0.1, 0.15) is 11.4 Å². The van der Waals surface area contributed by atoms with Crippen LogP contribution in [0.25, 0.3) is 0 Å². The van der Waals surface area contributed by atoms with Crippen LogP contribution in [-0.4, -0.2) is 43.1 Å². The van der Waals surface area contributed by atoms with E-state index < -0.39 is 16.8 Å². The van der Waals surface area contributed by atoms with Crippen LogP contribution in [0.3, 0.4) is 0 Å². The number of phenolic OH excluding ortho intramolecular Hbond substituents is 1. The van der Waals surface area contributed by atoms with E-state index in [1.54, 1.807) is 30.3 Å². The molecule has 0 aromatic heterocycles. The zero-order valence-electron chi connectivity index (χ0n) is 16.2. The lowest BCUT2D eigenvalue weighted by atomic mass is 10.1. The number of amides is 1. The summed E-state index contributed by atoms with van der Waals surface area (Å²) in [6.07, 6.45) is 0. The molecular weight excluding hydrogens is 372 g/mol. The molecule has 3 aromatic rings. The molecule has 0 unspecified atom stereocenters. The first kappa shape index (κ1) is 20.1. The molecular formula is C21H22N4O4. The molecule has 8 heteroatoms. The van der Waals surface area contributed by atoms with Gasteiger partial charge in [-0.2, -0.15) is 0 Å². The van der Waals surface area contributed by atoms with Crippen molar-refractivity contribution in [3.05, 3.63) is 74.5 Å². The molecule has 4 N–H and O–H groups in total. The molecule has 29 heavy (non-hydrogen) atoms. The van der Waals surface area contributed by atoms with Crippen LogP contribution in [0.15, 0.2) is 58.1 Å². The molecule has 0 aliphatic heterocycles. The maximum Gasteiger partial charge on any atom is 0.255 e. The van der Waals surface area contributed by atoms with Crippen molar-refractivity contribution < 1.29 is 9.90 Å². The number of para-hydroxylation sites is 2. The van der Waals surface area contributed by atoms with Crippen LogP contribution >= 0.6 is 0 Å². The molecule has 150 valence electrons. The van der Waals surface area contributed by atoms with Gasteiger partial charge in [0.15, 0.2) is 5.75 Å². The van der Waals surface area contributed by atoms with E-state index in [0.717, 1.165) is 0 Å². The number of rotatable bonds is 8. The second kappa shape index (κ2) is 8.57. The van der Waals surface area contributed by atoms with Crippen LogP contribution in [0, 0.1) is 0 Å². The summed E-state index contributed by atoms with van der Waals surface area (Å²) in [5.74, 6) is -0.728. The molecule has 0 aliphatic carbocycles. The highest BCUT2D eigenvalue weighted by molar-refractivity contribution is 5.99. The Bertz CT molecular complexity index is 1090. The number of benzene rings is 2. The minimum Gasteiger partial charge on any atom is -0.505 e. The zero-order chi connectivity index (χ0) is 21.0. The minimum absolute atomic E-state index is 0.0410. The third kappa shape index (κ3) is 4.44. The summed E-state index contributed by atoms with van der Waals surface area (Å²) >= 11 is 0. The molecule has 0 atom stereocenters. The lowest BCUT2D eigenvalue weighted by Gasteiger charge is -2.17. The van der Waals surface area contributed by atoms with Gasteiger partial charge in [-0.15, -0.1) is 0 Å². The number of likely N-dealkylation sites (N-methyl/N-ethyl adjacent to an activating group) is 1. The van der Waals surface area contributed by atoms with E-state index in [4.69, 9.17) is 0 Å². The van der Waals surface area contributed by atoms with Crippen LogP contribution in [0.2, 0.25) is 0 Å². The maximum atomic E-state index is 12.3. The topological polar surface area (TPSA) is 111 Å². The monoisotopic (exact) mass is 394 g/mol. The average molecular weight is 394 g/mol. The van der Waals surface area contributed by atoms with Crippen molar-refractivity contribution in [1.82, 2.24) is 10.2 Å². The Hall–Kier alpha value is -3.65. The SMILES string of the molecule is CN(C)CCNC(=O)c1cccc(Nc2c(Nc3ccccc3)c(=O)c2=O)c1O. The molecule has 0 radical (unpaired) electrons. The Labute approximate surface area is 167 Å². The van der Waals surface area contributed by atoms with Gasteiger partial charge in [0.05, 0.1) is 11.3 Å². The first-order valence-corrected chi connectivity index (χ1v) is 9.05. The van der Waals surface area contributed by atoms with Crippen molar-refractivity contribution >= 4 is 28.7 Å². The molecule has 0 fully saturated rings. The van der Waals surface area contributed by atoms with Crippen LogP contribution in [0.5, 0.6) is 5.75 Å².